The SMILES string of the molecule is COc1ccccc1SCCC1OCCO1. The van der Waals surface area contributed by atoms with Crippen molar-refractivity contribution in [3.05, 3.63) is 24.3 Å². The van der Waals surface area contributed by atoms with Crippen LogP contribution in [0.25, 0.3) is 0 Å². The number of methoxy groups -OCH3 is 1. The second-order valence-corrected chi connectivity index (χ2v) is 4.60. The maximum atomic E-state index is 5.38. The number of rotatable bonds is 5. The van der Waals surface area contributed by atoms with Crippen LogP contribution in [-0.4, -0.2) is 32.4 Å². The Morgan fingerprint density at radius 3 is 2.81 bits per heavy atom. The van der Waals surface area contributed by atoms with Gasteiger partial charge in [-0.25, -0.2) is 0 Å². The Morgan fingerprint density at radius 1 is 1.31 bits per heavy atom. The van der Waals surface area contributed by atoms with Crippen LogP contribution in [0.3, 0.4) is 0 Å². The van der Waals surface area contributed by atoms with Gasteiger partial charge in [0.25, 0.3) is 0 Å². The van der Waals surface area contributed by atoms with Crippen LogP contribution in [0.15, 0.2) is 29.2 Å². The third-order valence-electron chi connectivity index (χ3n) is 2.37. The van der Waals surface area contributed by atoms with E-state index >= 15 is 0 Å². The van der Waals surface area contributed by atoms with E-state index in [0.717, 1.165) is 31.1 Å². The number of ether oxygens (including phenoxy) is 3. The molecule has 0 unspecified atom stereocenters. The molecule has 0 saturated carbocycles. The summed E-state index contributed by atoms with van der Waals surface area (Å²) in [4.78, 5) is 1.17. The Morgan fingerprint density at radius 2 is 2.06 bits per heavy atom. The molecule has 1 aliphatic rings. The van der Waals surface area contributed by atoms with Gasteiger partial charge in [-0.1, -0.05) is 12.1 Å². The highest BCUT2D eigenvalue weighted by atomic mass is 32.2. The van der Waals surface area contributed by atoms with Crippen LogP contribution in [0.4, 0.5) is 0 Å². The fraction of sp³-hybridized carbons (Fsp3) is 0.500. The molecule has 1 saturated heterocycles. The average Bonchev–Trinajstić information content (AvgIpc) is 2.83. The van der Waals surface area contributed by atoms with E-state index in [2.05, 4.69) is 6.07 Å². The first-order chi connectivity index (χ1) is 7.90. The summed E-state index contributed by atoms with van der Waals surface area (Å²) in [6, 6.07) is 8.05. The first kappa shape index (κ1) is 11.8. The molecular formula is C12H16O3S. The quantitative estimate of drug-likeness (QED) is 0.739. The molecule has 0 aromatic heterocycles. The molecular weight excluding hydrogens is 224 g/mol. The lowest BCUT2D eigenvalue weighted by atomic mass is 10.3. The van der Waals surface area contributed by atoms with Crippen molar-refractivity contribution >= 4 is 11.8 Å². The Labute approximate surface area is 100 Å². The van der Waals surface area contributed by atoms with Crippen molar-refractivity contribution < 1.29 is 14.2 Å². The van der Waals surface area contributed by atoms with Crippen LogP contribution in [0, 0.1) is 0 Å². The predicted molar refractivity (Wildman–Crippen MR) is 64.0 cm³/mol. The molecule has 3 nitrogen and oxygen atoms in total. The van der Waals surface area contributed by atoms with Gasteiger partial charge in [0, 0.05) is 17.1 Å². The van der Waals surface area contributed by atoms with E-state index < -0.39 is 0 Å². The molecule has 16 heavy (non-hydrogen) atoms. The summed E-state index contributed by atoms with van der Waals surface area (Å²) in [7, 11) is 1.70. The Balaban J connectivity index is 1.79. The van der Waals surface area contributed by atoms with Gasteiger partial charge in [-0.15, -0.1) is 11.8 Å². The van der Waals surface area contributed by atoms with E-state index in [4.69, 9.17) is 14.2 Å². The van der Waals surface area contributed by atoms with Crippen molar-refractivity contribution in [1.29, 1.82) is 0 Å². The first-order valence-corrected chi connectivity index (χ1v) is 6.38. The summed E-state index contributed by atoms with van der Waals surface area (Å²) in [5.74, 6) is 1.91. The van der Waals surface area contributed by atoms with E-state index in [9.17, 15) is 0 Å². The van der Waals surface area contributed by atoms with Gasteiger partial charge in [0.1, 0.15) is 5.75 Å². The zero-order valence-electron chi connectivity index (χ0n) is 9.35. The van der Waals surface area contributed by atoms with Gasteiger partial charge in [0.15, 0.2) is 6.29 Å². The Hall–Kier alpha value is -0.710. The van der Waals surface area contributed by atoms with Crippen molar-refractivity contribution in [1.82, 2.24) is 0 Å². The third kappa shape index (κ3) is 3.14. The highest BCUT2D eigenvalue weighted by Gasteiger charge is 2.15. The summed E-state index contributed by atoms with van der Waals surface area (Å²) in [6.07, 6.45) is 0.908. The molecule has 1 aromatic carbocycles. The molecule has 0 bridgehead atoms. The Bertz CT molecular complexity index is 324. The first-order valence-electron chi connectivity index (χ1n) is 5.39. The summed E-state index contributed by atoms with van der Waals surface area (Å²) < 4.78 is 16.0. The molecule has 1 aliphatic heterocycles. The van der Waals surface area contributed by atoms with E-state index in [1.54, 1.807) is 18.9 Å². The molecule has 0 radical (unpaired) electrons. The minimum absolute atomic E-state index is 0.0118. The zero-order chi connectivity index (χ0) is 11.2. The van der Waals surface area contributed by atoms with E-state index in [0.29, 0.717) is 0 Å². The van der Waals surface area contributed by atoms with Gasteiger partial charge in [-0.05, 0) is 12.1 Å². The molecule has 1 heterocycles. The molecule has 0 aliphatic carbocycles. The smallest absolute Gasteiger partial charge is 0.158 e. The second-order valence-electron chi connectivity index (χ2n) is 3.46. The monoisotopic (exact) mass is 240 g/mol. The van der Waals surface area contributed by atoms with Crippen molar-refractivity contribution in [2.24, 2.45) is 0 Å². The topological polar surface area (TPSA) is 27.7 Å². The predicted octanol–water partition coefficient (Wildman–Crippen LogP) is 2.55. The molecule has 0 spiro atoms. The number of thioether (sulfide) groups is 1. The lowest BCUT2D eigenvalue weighted by Gasteiger charge is -2.10. The number of para-hydroxylation sites is 1. The minimum atomic E-state index is -0.0118. The van der Waals surface area contributed by atoms with E-state index in [1.165, 1.54) is 4.90 Å². The van der Waals surface area contributed by atoms with Crippen LogP contribution in [0.2, 0.25) is 0 Å². The molecule has 2 rings (SSSR count). The van der Waals surface area contributed by atoms with Crippen LogP contribution in [-0.2, 0) is 9.47 Å². The van der Waals surface area contributed by atoms with Crippen LogP contribution in [0.1, 0.15) is 6.42 Å². The lowest BCUT2D eigenvalue weighted by molar-refractivity contribution is -0.0421. The highest BCUT2D eigenvalue weighted by Crippen LogP contribution is 2.29. The highest BCUT2D eigenvalue weighted by molar-refractivity contribution is 7.99. The number of hydrogen-bond donors (Lipinski definition) is 0. The standard InChI is InChI=1S/C12H16O3S/c1-13-10-4-2-3-5-11(10)16-9-6-12-14-7-8-15-12/h2-5,12H,6-9H2,1H3. The average molecular weight is 240 g/mol. The fourth-order valence-corrected chi connectivity index (χ4v) is 2.58. The maximum Gasteiger partial charge on any atom is 0.158 e. The summed E-state index contributed by atoms with van der Waals surface area (Å²) in [6.45, 7) is 1.45. The largest absolute Gasteiger partial charge is 0.496 e. The fourth-order valence-electron chi connectivity index (χ4n) is 1.58. The van der Waals surface area contributed by atoms with Crippen LogP contribution in [0.5, 0.6) is 5.75 Å². The minimum Gasteiger partial charge on any atom is -0.496 e. The van der Waals surface area contributed by atoms with Crippen molar-refractivity contribution in [2.75, 3.05) is 26.1 Å². The van der Waals surface area contributed by atoms with Gasteiger partial charge >= 0.3 is 0 Å². The van der Waals surface area contributed by atoms with Gasteiger partial charge in [0.2, 0.25) is 0 Å². The molecule has 0 N–H and O–H groups in total. The molecule has 4 heteroatoms. The number of hydrogen-bond acceptors (Lipinski definition) is 4. The summed E-state index contributed by atoms with van der Waals surface area (Å²) in [5, 5.41) is 0. The number of benzene rings is 1. The van der Waals surface area contributed by atoms with Gasteiger partial charge in [-0.2, -0.15) is 0 Å². The summed E-state index contributed by atoms with van der Waals surface area (Å²) >= 11 is 1.77. The molecule has 88 valence electrons. The summed E-state index contributed by atoms with van der Waals surface area (Å²) in [5.41, 5.74) is 0. The molecule has 1 fully saturated rings. The van der Waals surface area contributed by atoms with Crippen molar-refractivity contribution in [3.63, 3.8) is 0 Å². The molecule has 0 atom stereocenters. The lowest BCUT2D eigenvalue weighted by Crippen LogP contribution is -2.08. The van der Waals surface area contributed by atoms with Gasteiger partial charge < -0.3 is 14.2 Å². The van der Waals surface area contributed by atoms with Crippen molar-refractivity contribution in [3.8, 4) is 5.75 Å². The molecule has 0 amide bonds. The van der Waals surface area contributed by atoms with Gasteiger partial charge in [0.05, 0.1) is 20.3 Å². The maximum absolute atomic E-state index is 5.38. The van der Waals surface area contributed by atoms with Crippen LogP contribution < -0.4 is 4.74 Å². The van der Waals surface area contributed by atoms with Crippen molar-refractivity contribution in [2.45, 2.75) is 17.6 Å². The van der Waals surface area contributed by atoms with Crippen LogP contribution >= 0.6 is 11.8 Å². The Kier molecular flexibility index (Phi) is 4.51. The van der Waals surface area contributed by atoms with Gasteiger partial charge in [-0.3, -0.25) is 0 Å². The second kappa shape index (κ2) is 6.13. The zero-order valence-corrected chi connectivity index (χ0v) is 10.2. The normalized spacial score (nSPS) is 16.6. The van der Waals surface area contributed by atoms with E-state index in [1.807, 2.05) is 18.2 Å². The molecule has 1 aromatic rings. The third-order valence-corrected chi connectivity index (χ3v) is 3.46. The van der Waals surface area contributed by atoms with E-state index in [-0.39, 0.29) is 6.29 Å².